The van der Waals surface area contributed by atoms with Gasteiger partial charge in [-0.25, -0.2) is 0 Å². The van der Waals surface area contributed by atoms with Crippen molar-refractivity contribution < 1.29 is 14.1 Å². The van der Waals surface area contributed by atoms with Gasteiger partial charge in [-0.2, -0.15) is 0 Å². The van der Waals surface area contributed by atoms with E-state index in [1.54, 1.807) is 12.3 Å². The molecule has 0 saturated carbocycles. The highest BCUT2D eigenvalue weighted by Crippen LogP contribution is 2.44. The number of rotatable bonds is 6. The van der Waals surface area contributed by atoms with Crippen molar-refractivity contribution in [1.82, 2.24) is 10.3 Å². The van der Waals surface area contributed by atoms with Crippen molar-refractivity contribution in [2.75, 3.05) is 12.0 Å². The summed E-state index contributed by atoms with van der Waals surface area (Å²) in [7, 11) is 1.47. The van der Waals surface area contributed by atoms with Crippen LogP contribution in [0.5, 0.6) is 5.75 Å². The fourth-order valence-electron chi connectivity index (χ4n) is 4.35. The summed E-state index contributed by atoms with van der Waals surface area (Å²) in [6, 6.07) is 19.4. The van der Waals surface area contributed by atoms with Crippen LogP contribution < -0.4 is 15.0 Å². The molecule has 0 amide bonds. The molecule has 1 saturated heterocycles. The quantitative estimate of drug-likeness (QED) is 0.161. The van der Waals surface area contributed by atoms with Gasteiger partial charge in [-0.05, 0) is 73.2 Å². The van der Waals surface area contributed by atoms with E-state index in [1.165, 1.54) is 19.2 Å². The first-order valence-corrected chi connectivity index (χ1v) is 12.3. The largest absolute Gasteiger partial charge is 0.496 e. The summed E-state index contributed by atoms with van der Waals surface area (Å²) in [4.78, 5) is 17.3. The summed E-state index contributed by atoms with van der Waals surface area (Å²) in [5, 5.41) is 15.2. The zero-order chi connectivity index (χ0) is 25.4. The normalized spacial score (nSPS) is 17.2. The lowest BCUT2D eigenvalue weighted by atomic mass is 10.0. The minimum absolute atomic E-state index is 0.0558. The van der Waals surface area contributed by atoms with E-state index in [9.17, 15) is 10.1 Å². The van der Waals surface area contributed by atoms with E-state index >= 15 is 0 Å². The Morgan fingerprint density at radius 2 is 2.00 bits per heavy atom. The van der Waals surface area contributed by atoms with Gasteiger partial charge in [0.15, 0.2) is 5.11 Å². The van der Waals surface area contributed by atoms with Gasteiger partial charge < -0.3 is 19.4 Å². The van der Waals surface area contributed by atoms with Crippen molar-refractivity contribution in [1.29, 1.82) is 0 Å². The first kappa shape index (κ1) is 24.0. The number of benzene rings is 2. The predicted octanol–water partition coefficient (Wildman–Crippen LogP) is 6.51. The van der Waals surface area contributed by atoms with Crippen LogP contribution in [-0.4, -0.2) is 22.1 Å². The predicted molar refractivity (Wildman–Crippen MR) is 144 cm³/mol. The smallest absolute Gasteiger partial charge is 0.273 e. The molecule has 1 aliphatic rings. The fourth-order valence-corrected chi connectivity index (χ4v) is 4.95. The zero-order valence-corrected chi connectivity index (χ0v) is 21.7. The molecule has 0 unspecified atom stereocenters. The molecule has 1 aliphatic heterocycles. The van der Waals surface area contributed by atoms with Crippen LogP contribution in [-0.2, 0) is 0 Å². The molecular weight excluding hydrogens is 544 g/mol. The monoisotopic (exact) mass is 564 g/mol. The number of aryl methyl sites for hydroxylation is 1. The summed E-state index contributed by atoms with van der Waals surface area (Å²) in [6.45, 7) is 2.03. The minimum Gasteiger partial charge on any atom is -0.496 e. The Morgan fingerprint density at radius 3 is 2.69 bits per heavy atom. The molecule has 10 heteroatoms. The highest BCUT2D eigenvalue weighted by Gasteiger charge is 2.42. The first-order valence-electron chi connectivity index (χ1n) is 11.1. The van der Waals surface area contributed by atoms with E-state index in [0.29, 0.717) is 27.9 Å². The SMILES string of the molecule is COc1cc([N+](=O)[O-])ccc1-c1ccc([C@H]2[C@@H](c3ccccn3)NC(=S)N2c2ccc(Br)c(C)c2)o1. The average Bonchev–Trinajstić information content (AvgIpc) is 3.50. The molecule has 0 spiro atoms. The Labute approximate surface area is 221 Å². The molecule has 2 aromatic carbocycles. The topological polar surface area (TPSA) is 93.7 Å². The van der Waals surface area contributed by atoms with Gasteiger partial charge in [-0.15, -0.1) is 0 Å². The first-order chi connectivity index (χ1) is 17.4. The third-order valence-electron chi connectivity index (χ3n) is 6.10. The highest BCUT2D eigenvalue weighted by molar-refractivity contribution is 9.10. The van der Waals surface area contributed by atoms with Gasteiger partial charge in [0.25, 0.3) is 5.69 Å². The summed E-state index contributed by atoms with van der Waals surface area (Å²) in [5.41, 5.74) is 3.38. The van der Waals surface area contributed by atoms with Crippen LogP contribution in [0.15, 0.2) is 81.8 Å². The minimum atomic E-state index is -0.458. The number of pyridine rings is 1. The van der Waals surface area contributed by atoms with E-state index in [0.717, 1.165) is 21.4 Å². The fraction of sp³-hybridized carbons (Fsp3) is 0.154. The second-order valence-electron chi connectivity index (χ2n) is 8.27. The molecule has 8 nitrogen and oxygen atoms in total. The average molecular weight is 565 g/mol. The van der Waals surface area contributed by atoms with Crippen molar-refractivity contribution in [2.45, 2.75) is 19.0 Å². The maximum absolute atomic E-state index is 11.2. The molecule has 182 valence electrons. The summed E-state index contributed by atoms with van der Waals surface area (Å²) < 4.78 is 12.8. The standard InChI is InChI=1S/C26H21BrN4O4S/c1-15-13-16(7-9-19(15)27)30-25(24(29-26(30)36)20-5-3-4-12-28-20)22-11-10-21(35-22)18-8-6-17(31(32)33)14-23(18)34-2/h3-14,24-25H,1-2H3,(H,29,36)/t24-,25+/m1/s1. The van der Waals surface area contributed by atoms with Crippen LogP contribution in [0, 0.1) is 17.0 Å². The number of hydrogen-bond donors (Lipinski definition) is 1. The number of halogens is 1. The molecule has 4 aromatic rings. The van der Waals surface area contributed by atoms with Crippen molar-refractivity contribution in [3.05, 3.63) is 105 Å². The van der Waals surface area contributed by atoms with E-state index in [2.05, 4.69) is 32.3 Å². The van der Waals surface area contributed by atoms with Gasteiger partial charge in [0, 0.05) is 22.4 Å². The maximum atomic E-state index is 11.2. The van der Waals surface area contributed by atoms with Gasteiger partial charge in [-0.1, -0.05) is 22.0 Å². The molecule has 2 aromatic heterocycles. The van der Waals surface area contributed by atoms with Gasteiger partial charge in [0.2, 0.25) is 0 Å². The Morgan fingerprint density at radius 1 is 1.17 bits per heavy atom. The Balaban J connectivity index is 1.60. The number of nitrogens with zero attached hydrogens (tertiary/aromatic N) is 3. The molecule has 1 fully saturated rings. The number of anilines is 1. The van der Waals surface area contributed by atoms with Crippen molar-refractivity contribution >= 4 is 44.6 Å². The van der Waals surface area contributed by atoms with Gasteiger partial charge >= 0.3 is 0 Å². The number of thiocarbonyl (C=S) groups is 1. The number of ether oxygens (including phenoxy) is 1. The third-order valence-corrected chi connectivity index (χ3v) is 7.30. The lowest BCUT2D eigenvalue weighted by Gasteiger charge is -2.26. The van der Waals surface area contributed by atoms with Crippen LogP contribution in [0.1, 0.15) is 29.1 Å². The number of aromatic nitrogens is 1. The van der Waals surface area contributed by atoms with Crippen LogP contribution in [0.2, 0.25) is 0 Å². The Hall–Kier alpha value is -3.76. The third kappa shape index (κ3) is 4.33. The van der Waals surface area contributed by atoms with Gasteiger partial charge in [-0.3, -0.25) is 15.1 Å². The molecule has 0 aliphatic carbocycles. The van der Waals surface area contributed by atoms with Crippen molar-refractivity contribution in [2.24, 2.45) is 0 Å². The van der Waals surface area contributed by atoms with Gasteiger partial charge in [0.05, 0.1) is 35.4 Å². The van der Waals surface area contributed by atoms with Gasteiger partial charge in [0.1, 0.15) is 23.3 Å². The van der Waals surface area contributed by atoms with E-state index < -0.39 is 4.92 Å². The molecule has 0 radical (unpaired) electrons. The second kappa shape index (κ2) is 9.71. The Kier molecular flexibility index (Phi) is 6.46. The number of nitrogens with one attached hydrogen (secondary N) is 1. The summed E-state index contributed by atoms with van der Waals surface area (Å²) in [6.07, 6.45) is 1.75. The number of nitro groups is 1. The molecular formula is C26H21BrN4O4S. The highest BCUT2D eigenvalue weighted by atomic mass is 79.9. The number of furan rings is 1. The van der Waals surface area contributed by atoms with E-state index in [4.69, 9.17) is 21.4 Å². The van der Waals surface area contributed by atoms with E-state index in [-0.39, 0.29) is 17.8 Å². The molecule has 1 N–H and O–H groups in total. The van der Waals surface area contributed by atoms with Crippen LogP contribution in [0.4, 0.5) is 11.4 Å². The molecule has 0 bridgehead atoms. The number of hydrogen-bond acceptors (Lipinski definition) is 6. The lowest BCUT2D eigenvalue weighted by molar-refractivity contribution is -0.384. The summed E-state index contributed by atoms with van der Waals surface area (Å²) in [5.74, 6) is 1.54. The lowest BCUT2D eigenvalue weighted by Crippen LogP contribution is -2.29. The maximum Gasteiger partial charge on any atom is 0.273 e. The number of methoxy groups -OCH3 is 1. The van der Waals surface area contributed by atoms with Crippen molar-refractivity contribution in [3.63, 3.8) is 0 Å². The van der Waals surface area contributed by atoms with Crippen molar-refractivity contribution in [3.8, 4) is 17.1 Å². The second-order valence-corrected chi connectivity index (χ2v) is 9.51. The molecule has 36 heavy (non-hydrogen) atoms. The Bertz CT molecular complexity index is 1460. The number of nitro benzene ring substituents is 1. The summed E-state index contributed by atoms with van der Waals surface area (Å²) >= 11 is 9.35. The molecule has 2 atom stereocenters. The zero-order valence-electron chi connectivity index (χ0n) is 19.3. The van der Waals surface area contributed by atoms with Crippen LogP contribution in [0.25, 0.3) is 11.3 Å². The molecule has 3 heterocycles. The van der Waals surface area contributed by atoms with E-state index in [1.807, 2.05) is 54.3 Å². The number of non-ortho nitro benzene ring substituents is 1. The van der Waals surface area contributed by atoms with Crippen LogP contribution >= 0.6 is 28.1 Å². The molecule has 5 rings (SSSR count). The van der Waals surface area contributed by atoms with Crippen LogP contribution in [0.3, 0.4) is 0 Å².